The summed E-state index contributed by atoms with van der Waals surface area (Å²) in [6, 6.07) is 7.03. The van der Waals surface area contributed by atoms with Gasteiger partial charge in [-0.25, -0.2) is 4.79 Å². The predicted molar refractivity (Wildman–Crippen MR) is 69.4 cm³/mol. The summed E-state index contributed by atoms with van der Waals surface area (Å²) in [7, 11) is 0. The number of ether oxygens (including phenoxy) is 1. The second kappa shape index (κ2) is 5.10. The first kappa shape index (κ1) is 12.4. The van der Waals surface area contributed by atoms with Crippen LogP contribution in [0, 0.1) is 0 Å². The number of benzene rings is 1. The van der Waals surface area contributed by atoms with Gasteiger partial charge in [-0.1, -0.05) is 23.7 Å². The van der Waals surface area contributed by atoms with Crippen molar-refractivity contribution in [2.45, 2.75) is 6.92 Å². The molecule has 1 heterocycles. The van der Waals surface area contributed by atoms with Crippen LogP contribution in [0.1, 0.15) is 17.4 Å². The average molecular weight is 266 g/mol. The lowest BCUT2D eigenvalue weighted by Crippen LogP contribution is -2.07. The molecule has 0 spiro atoms. The van der Waals surface area contributed by atoms with Gasteiger partial charge in [0.1, 0.15) is 5.69 Å². The number of nitrogens with one attached hydrogen (secondary N) is 1. The van der Waals surface area contributed by atoms with Crippen LogP contribution < -0.4 is 5.73 Å². The van der Waals surface area contributed by atoms with Crippen molar-refractivity contribution in [2.75, 3.05) is 12.3 Å². The van der Waals surface area contributed by atoms with E-state index in [2.05, 4.69) is 10.2 Å². The summed E-state index contributed by atoms with van der Waals surface area (Å²) in [5, 5.41) is 7.24. The highest BCUT2D eigenvalue weighted by atomic mass is 35.5. The van der Waals surface area contributed by atoms with Gasteiger partial charge in [-0.05, 0) is 19.1 Å². The van der Waals surface area contributed by atoms with Gasteiger partial charge in [0.15, 0.2) is 5.69 Å². The summed E-state index contributed by atoms with van der Waals surface area (Å²) >= 11 is 5.80. The number of hydrogen-bond donors (Lipinski definition) is 2. The highest BCUT2D eigenvalue weighted by molar-refractivity contribution is 6.30. The second-order valence-corrected chi connectivity index (χ2v) is 4.02. The number of rotatable bonds is 3. The molecule has 18 heavy (non-hydrogen) atoms. The number of halogens is 1. The Morgan fingerprint density at radius 1 is 1.44 bits per heavy atom. The first-order valence-corrected chi connectivity index (χ1v) is 5.78. The van der Waals surface area contributed by atoms with Crippen LogP contribution in [-0.4, -0.2) is 22.8 Å². The molecule has 94 valence electrons. The van der Waals surface area contributed by atoms with E-state index in [1.807, 2.05) is 0 Å². The van der Waals surface area contributed by atoms with Crippen LogP contribution in [-0.2, 0) is 4.74 Å². The third-order valence-electron chi connectivity index (χ3n) is 2.40. The SMILES string of the molecule is CCOC(=O)c1[nH]nc(-c2ccc(Cl)cc2)c1N. The van der Waals surface area contributed by atoms with Gasteiger partial charge in [0.05, 0.1) is 12.3 Å². The van der Waals surface area contributed by atoms with Crippen molar-refractivity contribution in [3.05, 3.63) is 35.0 Å². The summed E-state index contributed by atoms with van der Waals surface area (Å²) in [6.45, 7) is 2.01. The van der Waals surface area contributed by atoms with Crippen LogP contribution in [0.25, 0.3) is 11.3 Å². The molecular weight excluding hydrogens is 254 g/mol. The predicted octanol–water partition coefficient (Wildman–Crippen LogP) is 2.49. The van der Waals surface area contributed by atoms with Crippen LogP contribution in [0.5, 0.6) is 0 Å². The zero-order valence-electron chi connectivity index (χ0n) is 9.74. The van der Waals surface area contributed by atoms with E-state index in [-0.39, 0.29) is 18.0 Å². The van der Waals surface area contributed by atoms with Crippen molar-refractivity contribution >= 4 is 23.3 Å². The smallest absolute Gasteiger partial charge is 0.358 e. The Balaban J connectivity index is 2.36. The molecule has 2 rings (SSSR count). The number of nitrogens with zero attached hydrogens (tertiary/aromatic N) is 1. The number of anilines is 1. The Morgan fingerprint density at radius 2 is 2.11 bits per heavy atom. The summed E-state index contributed by atoms with van der Waals surface area (Å²) in [4.78, 5) is 11.6. The first-order chi connectivity index (χ1) is 8.63. The van der Waals surface area contributed by atoms with E-state index in [0.717, 1.165) is 5.56 Å². The summed E-state index contributed by atoms with van der Waals surface area (Å²) in [5.74, 6) is -0.511. The minimum absolute atomic E-state index is 0.168. The summed E-state index contributed by atoms with van der Waals surface area (Å²) in [5.41, 5.74) is 7.61. The van der Waals surface area contributed by atoms with Gasteiger partial charge in [-0.15, -0.1) is 0 Å². The molecule has 1 aromatic heterocycles. The van der Waals surface area contributed by atoms with Gasteiger partial charge >= 0.3 is 5.97 Å². The van der Waals surface area contributed by atoms with Gasteiger partial charge < -0.3 is 10.5 Å². The number of nitrogens with two attached hydrogens (primary N) is 1. The molecule has 0 amide bonds. The zero-order valence-corrected chi connectivity index (χ0v) is 10.5. The van der Waals surface area contributed by atoms with Crippen molar-refractivity contribution in [1.82, 2.24) is 10.2 Å². The maximum atomic E-state index is 11.6. The van der Waals surface area contributed by atoms with Crippen LogP contribution in [0.3, 0.4) is 0 Å². The van der Waals surface area contributed by atoms with E-state index in [9.17, 15) is 4.79 Å². The van der Waals surface area contributed by atoms with E-state index >= 15 is 0 Å². The monoisotopic (exact) mass is 265 g/mol. The number of carbonyl (C=O) groups is 1. The number of carbonyl (C=O) groups excluding carboxylic acids is 1. The highest BCUT2D eigenvalue weighted by Crippen LogP contribution is 2.27. The molecule has 0 aliphatic heterocycles. The number of H-pyrrole nitrogens is 1. The fourth-order valence-corrected chi connectivity index (χ4v) is 1.66. The lowest BCUT2D eigenvalue weighted by atomic mass is 10.1. The number of nitrogen functional groups attached to an aromatic ring is 1. The van der Waals surface area contributed by atoms with Gasteiger partial charge in [0.2, 0.25) is 0 Å². The van der Waals surface area contributed by atoms with Crippen molar-refractivity contribution in [3.8, 4) is 11.3 Å². The second-order valence-electron chi connectivity index (χ2n) is 3.59. The molecular formula is C12H12ClN3O2. The van der Waals surface area contributed by atoms with E-state index in [1.54, 1.807) is 31.2 Å². The minimum atomic E-state index is -0.511. The molecule has 0 bridgehead atoms. The fourth-order valence-electron chi connectivity index (χ4n) is 1.54. The Bertz CT molecular complexity index is 563. The van der Waals surface area contributed by atoms with E-state index in [1.165, 1.54) is 0 Å². The molecule has 6 heteroatoms. The normalized spacial score (nSPS) is 10.3. The van der Waals surface area contributed by atoms with Gasteiger partial charge in [-0.2, -0.15) is 5.10 Å². The zero-order chi connectivity index (χ0) is 13.1. The Morgan fingerprint density at radius 3 is 2.72 bits per heavy atom. The van der Waals surface area contributed by atoms with Crippen molar-refractivity contribution < 1.29 is 9.53 Å². The van der Waals surface area contributed by atoms with Crippen molar-refractivity contribution in [3.63, 3.8) is 0 Å². The largest absolute Gasteiger partial charge is 0.461 e. The van der Waals surface area contributed by atoms with E-state index in [0.29, 0.717) is 10.7 Å². The van der Waals surface area contributed by atoms with Crippen LogP contribution in [0.4, 0.5) is 5.69 Å². The number of esters is 1. The van der Waals surface area contributed by atoms with Gasteiger partial charge in [-0.3, -0.25) is 5.10 Å². The Kier molecular flexibility index (Phi) is 3.53. The molecule has 2 aromatic rings. The van der Waals surface area contributed by atoms with Crippen LogP contribution in [0.15, 0.2) is 24.3 Å². The highest BCUT2D eigenvalue weighted by Gasteiger charge is 2.18. The molecule has 1 aromatic carbocycles. The molecule has 3 N–H and O–H groups in total. The van der Waals surface area contributed by atoms with E-state index in [4.69, 9.17) is 22.1 Å². The Labute approximate surface area is 109 Å². The van der Waals surface area contributed by atoms with Gasteiger partial charge in [0, 0.05) is 10.6 Å². The third kappa shape index (κ3) is 2.31. The molecule has 0 saturated heterocycles. The number of aromatic nitrogens is 2. The maximum absolute atomic E-state index is 11.6. The maximum Gasteiger partial charge on any atom is 0.358 e. The van der Waals surface area contributed by atoms with Crippen molar-refractivity contribution in [1.29, 1.82) is 0 Å². The minimum Gasteiger partial charge on any atom is -0.461 e. The molecule has 0 unspecified atom stereocenters. The van der Waals surface area contributed by atoms with Gasteiger partial charge in [0.25, 0.3) is 0 Å². The fraction of sp³-hybridized carbons (Fsp3) is 0.167. The first-order valence-electron chi connectivity index (χ1n) is 5.40. The average Bonchev–Trinajstić information content (AvgIpc) is 2.73. The summed E-state index contributed by atoms with van der Waals surface area (Å²) in [6.07, 6.45) is 0. The number of hydrogen-bond acceptors (Lipinski definition) is 4. The molecule has 0 aliphatic rings. The molecule has 0 saturated carbocycles. The molecule has 5 nitrogen and oxygen atoms in total. The molecule has 0 radical (unpaired) electrons. The van der Waals surface area contributed by atoms with Crippen LogP contribution in [0.2, 0.25) is 5.02 Å². The Hall–Kier alpha value is -2.01. The number of aromatic amines is 1. The molecule has 0 fully saturated rings. The summed E-state index contributed by atoms with van der Waals surface area (Å²) < 4.78 is 4.87. The topological polar surface area (TPSA) is 81.0 Å². The molecule has 0 aliphatic carbocycles. The molecule has 0 atom stereocenters. The van der Waals surface area contributed by atoms with Crippen LogP contribution >= 0.6 is 11.6 Å². The van der Waals surface area contributed by atoms with E-state index < -0.39 is 5.97 Å². The van der Waals surface area contributed by atoms with Crippen molar-refractivity contribution in [2.24, 2.45) is 0 Å². The lowest BCUT2D eigenvalue weighted by Gasteiger charge is -2.01. The quantitative estimate of drug-likeness (QED) is 0.836. The lowest BCUT2D eigenvalue weighted by molar-refractivity contribution is 0.0520. The standard InChI is InChI=1S/C12H12ClN3O2/c1-2-18-12(17)11-9(14)10(15-16-11)7-3-5-8(13)6-4-7/h3-6H,2,14H2,1H3,(H,15,16). The third-order valence-corrected chi connectivity index (χ3v) is 2.65.